The van der Waals surface area contributed by atoms with Crippen molar-refractivity contribution in [1.29, 1.82) is 0 Å². The average Bonchev–Trinajstić information content (AvgIpc) is 2.75. The highest BCUT2D eigenvalue weighted by atomic mass is 16.6. The van der Waals surface area contributed by atoms with Gasteiger partial charge in [0.05, 0.1) is 0 Å². The maximum atomic E-state index is 12.0. The summed E-state index contributed by atoms with van der Waals surface area (Å²) in [5, 5.41) is 9.09. The first-order valence-corrected chi connectivity index (χ1v) is 7.67. The van der Waals surface area contributed by atoms with Gasteiger partial charge in [0.2, 0.25) is 0 Å². The lowest BCUT2D eigenvalue weighted by molar-refractivity contribution is -0.175. The zero-order valence-electron chi connectivity index (χ0n) is 12.7. The minimum absolute atomic E-state index is 0.150. The van der Waals surface area contributed by atoms with Crippen LogP contribution in [0.25, 0.3) is 0 Å². The summed E-state index contributed by atoms with van der Waals surface area (Å²) in [4.78, 5) is 23.3. The fourth-order valence-electron chi connectivity index (χ4n) is 3.37. The smallest absolute Gasteiger partial charge is 0.347 e. The zero-order chi connectivity index (χ0) is 15.6. The van der Waals surface area contributed by atoms with Gasteiger partial charge < -0.3 is 14.6 Å². The molecule has 0 aliphatic heterocycles. The Morgan fingerprint density at radius 1 is 1.24 bits per heavy atom. The molecular weight excluding hydrogens is 272 g/mol. The van der Waals surface area contributed by atoms with E-state index in [9.17, 15) is 9.59 Å². The van der Waals surface area contributed by atoms with Crippen LogP contribution in [0.2, 0.25) is 0 Å². The molecule has 21 heavy (non-hydrogen) atoms. The summed E-state index contributed by atoms with van der Waals surface area (Å²) >= 11 is 0. The summed E-state index contributed by atoms with van der Waals surface area (Å²) in [6.45, 7) is 6.87. The Morgan fingerprint density at radius 3 is 2.57 bits per heavy atom. The van der Waals surface area contributed by atoms with Gasteiger partial charge in [0.25, 0.3) is 0 Å². The number of hydrogen-bond acceptors (Lipinski definition) is 5. The van der Waals surface area contributed by atoms with Gasteiger partial charge in [-0.05, 0) is 32.6 Å². The Balaban J connectivity index is 1.90. The number of carbonyl (C=O) groups excluding carboxylic acids is 2. The lowest BCUT2D eigenvalue weighted by Crippen LogP contribution is -2.35. The van der Waals surface area contributed by atoms with Crippen molar-refractivity contribution in [3.8, 4) is 0 Å². The molecule has 2 rings (SSSR count). The summed E-state index contributed by atoms with van der Waals surface area (Å²) in [6.07, 6.45) is 2.88. The van der Waals surface area contributed by atoms with Gasteiger partial charge in [0.15, 0.2) is 6.10 Å². The normalized spacial score (nSPS) is 31.2. The van der Waals surface area contributed by atoms with Crippen LogP contribution in [-0.2, 0) is 19.1 Å². The van der Waals surface area contributed by atoms with E-state index in [0.29, 0.717) is 18.3 Å². The number of aliphatic hydroxyl groups excluding tert-OH is 1. The second kappa shape index (κ2) is 6.60. The van der Waals surface area contributed by atoms with Crippen LogP contribution in [0.4, 0.5) is 0 Å². The van der Waals surface area contributed by atoms with E-state index in [2.05, 4.69) is 6.58 Å². The number of esters is 2. The third kappa shape index (κ3) is 3.64. The first-order chi connectivity index (χ1) is 9.90. The van der Waals surface area contributed by atoms with Gasteiger partial charge in [-0.3, -0.25) is 0 Å². The third-order valence-electron chi connectivity index (χ3n) is 4.52. The highest BCUT2D eigenvalue weighted by Crippen LogP contribution is 2.46. The molecule has 0 saturated heterocycles. The minimum Gasteiger partial charge on any atom is -0.459 e. The standard InChI is InChI=1S/C16H24O5/c1-9-8-14(13-7-5-4-6-12(9)13)21-16(19)11(3)20-15(18)10(2)17/h10-14,17H,1,4-8H2,2-3H3/t10-,11-,12-,13-,14-/m0/s1. The Labute approximate surface area is 125 Å². The second-order valence-electron chi connectivity index (χ2n) is 6.15. The molecule has 5 nitrogen and oxygen atoms in total. The van der Waals surface area contributed by atoms with Crippen molar-refractivity contribution in [1.82, 2.24) is 0 Å². The number of aliphatic hydroxyl groups is 1. The van der Waals surface area contributed by atoms with Crippen molar-refractivity contribution in [3.63, 3.8) is 0 Å². The molecule has 118 valence electrons. The molecule has 2 aliphatic carbocycles. The van der Waals surface area contributed by atoms with Crippen LogP contribution >= 0.6 is 0 Å². The maximum absolute atomic E-state index is 12.0. The van der Waals surface area contributed by atoms with Crippen LogP contribution < -0.4 is 0 Å². The molecule has 0 amide bonds. The van der Waals surface area contributed by atoms with Gasteiger partial charge in [0, 0.05) is 12.3 Å². The maximum Gasteiger partial charge on any atom is 0.347 e. The topological polar surface area (TPSA) is 72.8 Å². The summed E-state index contributed by atoms with van der Waals surface area (Å²) in [5.41, 5.74) is 1.17. The quantitative estimate of drug-likeness (QED) is 0.634. The van der Waals surface area contributed by atoms with Crippen LogP contribution in [-0.4, -0.2) is 35.4 Å². The van der Waals surface area contributed by atoms with Crippen LogP contribution in [0, 0.1) is 11.8 Å². The van der Waals surface area contributed by atoms with Crippen molar-refractivity contribution >= 4 is 11.9 Å². The highest BCUT2D eigenvalue weighted by Gasteiger charge is 2.42. The predicted molar refractivity (Wildman–Crippen MR) is 76.3 cm³/mol. The van der Waals surface area contributed by atoms with Crippen molar-refractivity contribution in [2.75, 3.05) is 0 Å². The fraction of sp³-hybridized carbons (Fsp3) is 0.750. The molecule has 5 heteroatoms. The molecule has 0 aromatic heterocycles. The van der Waals surface area contributed by atoms with E-state index in [0.717, 1.165) is 19.3 Å². The Morgan fingerprint density at radius 2 is 1.90 bits per heavy atom. The number of carbonyl (C=O) groups is 2. The van der Waals surface area contributed by atoms with Crippen molar-refractivity contribution in [3.05, 3.63) is 12.2 Å². The van der Waals surface area contributed by atoms with Crippen molar-refractivity contribution < 1.29 is 24.2 Å². The predicted octanol–water partition coefficient (Wildman–Crippen LogP) is 1.98. The van der Waals surface area contributed by atoms with Gasteiger partial charge in [-0.1, -0.05) is 25.0 Å². The zero-order valence-corrected chi connectivity index (χ0v) is 12.7. The van der Waals surface area contributed by atoms with E-state index in [-0.39, 0.29) is 6.10 Å². The summed E-state index contributed by atoms with van der Waals surface area (Å²) < 4.78 is 10.4. The van der Waals surface area contributed by atoms with Gasteiger partial charge >= 0.3 is 11.9 Å². The molecule has 0 aromatic carbocycles. The van der Waals surface area contributed by atoms with E-state index >= 15 is 0 Å². The molecule has 0 bridgehead atoms. The van der Waals surface area contributed by atoms with E-state index in [1.807, 2.05) is 0 Å². The molecule has 0 unspecified atom stereocenters. The summed E-state index contributed by atoms with van der Waals surface area (Å²) in [5.74, 6) is -0.541. The van der Waals surface area contributed by atoms with Crippen LogP contribution in [0.15, 0.2) is 12.2 Å². The van der Waals surface area contributed by atoms with E-state index in [1.165, 1.54) is 25.8 Å². The molecule has 0 heterocycles. The molecular formula is C16H24O5. The lowest BCUT2D eigenvalue weighted by Gasteiger charge is -2.29. The molecule has 5 atom stereocenters. The summed E-state index contributed by atoms with van der Waals surface area (Å²) in [7, 11) is 0. The Hall–Kier alpha value is -1.36. The molecule has 0 spiro atoms. The van der Waals surface area contributed by atoms with Gasteiger partial charge in [-0.15, -0.1) is 0 Å². The second-order valence-corrected chi connectivity index (χ2v) is 6.15. The third-order valence-corrected chi connectivity index (χ3v) is 4.52. The van der Waals surface area contributed by atoms with Gasteiger partial charge in [-0.2, -0.15) is 0 Å². The monoisotopic (exact) mass is 296 g/mol. The Bertz CT molecular complexity index is 428. The Kier molecular flexibility index (Phi) is 5.04. The van der Waals surface area contributed by atoms with Crippen LogP contribution in [0.5, 0.6) is 0 Å². The molecule has 1 N–H and O–H groups in total. The molecule has 0 radical (unpaired) electrons. The van der Waals surface area contributed by atoms with Gasteiger partial charge in [0.1, 0.15) is 12.2 Å². The lowest BCUT2D eigenvalue weighted by atomic mass is 9.80. The molecule has 2 aliphatic rings. The van der Waals surface area contributed by atoms with E-state index < -0.39 is 24.1 Å². The van der Waals surface area contributed by atoms with Gasteiger partial charge in [-0.25, -0.2) is 9.59 Å². The molecule has 2 saturated carbocycles. The highest BCUT2D eigenvalue weighted by molar-refractivity contribution is 5.80. The summed E-state index contributed by atoms with van der Waals surface area (Å²) in [6, 6.07) is 0. The van der Waals surface area contributed by atoms with E-state index in [1.54, 1.807) is 0 Å². The number of ether oxygens (including phenoxy) is 2. The first kappa shape index (κ1) is 16.0. The number of rotatable bonds is 4. The van der Waals surface area contributed by atoms with Crippen molar-refractivity contribution in [2.45, 2.75) is 64.3 Å². The first-order valence-electron chi connectivity index (χ1n) is 7.67. The van der Waals surface area contributed by atoms with E-state index in [4.69, 9.17) is 14.6 Å². The minimum atomic E-state index is -1.24. The number of fused-ring (bicyclic) bond motifs is 1. The van der Waals surface area contributed by atoms with Crippen LogP contribution in [0.3, 0.4) is 0 Å². The molecule has 0 aromatic rings. The number of hydrogen-bond donors (Lipinski definition) is 1. The fourth-order valence-corrected chi connectivity index (χ4v) is 3.37. The van der Waals surface area contributed by atoms with Crippen molar-refractivity contribution in [2.24, 2.45) is 11.8 Å². The molecule has 2 fully saturated rings. The largest absolute Gasteiger partial charge is 0.459 e. The van der Waals surface area contributed by atoms with Crippen LogP contribution in [0.1, 0.15) is 46.0 Å². The SMILES string of the molecule is C=C1C[C@H](OC(=O)[C@H](C)OC(=O)[C@H](C)O)[C@H]2CCCC[C@@H]12. The average molecular weight is 296 g/mol.